The van der Waals surface area contributed by atoms with Crippen LogP contribution < -0.4 is 10.1 Å². The van der Waals surface area contributed by atoms with Gasteiger partial charge in [0.25, 0.3) is 0 Å². The van der Waals surface area contributed by atoms with E-state index in [2.05, 4.69) is 10.3 Å². The number of benzene rings is 2. The molecule has 3 rings (SSSR count). The molecule has 0 unspecified atom stereocenters. The molecule has 1 aromatic heterocycles. The molecule has 23 heavy (non-hydrogen) atoms. The van der Waals surface area contributed by atoms with Gasteiger partial charge < -0.3 is 4.74 Å². The van der Waals surface area contributed by atoms with Gasteiger partial charge in [0.05, 0.1) is 16.9 Å². The van der Waals surface area contributed by atoms with E-state index < -0.39 is 6.09 Å². The van der Waals surface area contributed by atoms with Gasteiger partial charge in [0.1, 0.15) is 5.75 Å². The first-order valence-electron chi connectivity index (χ1n) is 7.57. The van der Waals surface area contributed by atoms with E-state index in [9.17, 15) is 4.79 Å². The molecule has 116 valence electrons. The molecule has 0 aliphatic rings. The first-order chi connectivity index (χ1) is 11.1. The summed E-state index contributed by atoms with van der Waals surface area (Å²) in [5.74, 6) is 0.691. The molecule has 0 fully saturated rings. The number of hydrogen-bond donors (Lipinski definition) is 1. The van der Waals surface area contributed by atoms with Gasteiger partial charge in [0.15, 0.2) is 0 Å². The number of para-hydroxylation sites is 2. The predicted octanol–water partition coefficient (Wildman–Crippen LogP) is 4.97. The van der Waals surface area contributed by atoms with Crippen LogP contribution in [0.25, 0.3) is 10.9 Å². The summed E-state index contributed by atoms with van der Waals surface area (Å²) < 4.78 is 5.29. The molecule has 3 aromatic rings. The van der Waals surface area contributed by atoms with Crippen molar-refractivity contribution in [3.05, 3.63) is 66.4 Å². The van der Waals surface area contributed by atoms with Crippen molar-refractivity contribution in [2.24, 2.45) is 0 Å². The van der Waals surface area contributed by atoms with Crippen LogP contribution >= 0.6 is 0 Å². The van der Waals surface area contributed by atoms with Gasteiger partial charge in [0.2, 0.25) is 0 Å². The Morgan fingerprint density at radius 3 is 2.48 bits per heavy atom. The molecule has 4 nitrogen and oxygen atoms in total. The summed E-state index contributed by atoms with van der Waals surface area (Å²) in [6, 6.07) is 18.8. The monoisotopic (exact) mass is 306 g/mol. The number of amides is 1. The maximum absolute atomic E-state index is 12.1. The Hall–Kier alpha value is -2.88. The zero-order valence-electron chi connectivity index (χ0n) is 13.1. The predicted molar refractivity (Wildman–Crippen MR) is 91.9 cm³/mol. The molecule has 2 aromatic carbocycles. The lowest BCUT2D eigenvalue weighted by atomic mass is 10.1. The third kappa shape index (κ3) is 3.48. The van der Waals surface area contributed by atoms with Crippen molar-refractivity contribution in [2.45, 2.75) is 19.8 Å². The minimum atomic E-state index is -0.518. The van der Waals surface area contributed by atoms with E-state index in [1.54, 1.807) is 12.1 Å². The van der Waals surface area contributed by atoms with E-state index in [-0.39, 0.29) is 5.92 Å². The quantitative estimate of drug-likeness (QED) is 0.743. The molecule has 0 aliphatic heterocycles. The summed E-state index contributed by atoms with van der Waals surface area (Å²) in [6.07, 6.45) is -0.518. The van der Waals surface area contributed by atoms with Gasteiger partial charge in [-0.05, 0) is 30.2 Å². The first-order valence-corrected chi connectivity index (χ1v) is 7.57. The molecular weight excluding hydrogens is 288 g/mol. The largest absolute Gasteiger partial charge is 0.417 e. The van der Waals surface area contributed by atoms with Crippen LogP contribution in [-0.4, -0.2) is 11.1 Å². The second-order valence-electron chi connectivity index (χ2n) is 5.60. The number of aromatic nitrogens is 1. The summed E-state index contributed by atoms with van der Waals surface area (Å²) in [5.41, 5.74) is 2.44. The Morgan fingerprint density at radius 2 is 1.74 bits per heavy atom. The molecule has 0 atom stereocenters. The van der Waals surface area contributed by atoms with Crippen molar-refractivity contribution in [3.63, 3.8) is 0 Å². The highest BCUT2D eigenvalue weighted by Crippen LogP contribution is 2.27. The van der Waals surface area contributed by atoms with E-state index in [1.807, 2.05) is 62.4 Å². The van der Waals surface area contributed by atoms with Gasteiger partial charge >= 0.3 is 6.09 Å². The number of hydrogen-bond acceptors (Lipinski definition) is 3. The van der Waals surface area contributed by atoms with Gasteiger partial charge in [-0.3, -0.25) is 10.3 Å². The lowest BCUT2D eigenvalue weighted by molar-refractivity contribution is 0.215. The number of nitrogens with one attached hydrogen (secondary N) is 1. The second-order valence-corrected chi connectivity index (χ2v) is 5.60. The summed E-state index contributed by atoms with van der Waals surface area (Å²) in [7, 11) is 0. The van der Waals surface area contributed by atoms with Gasteiger partial charge in [-0.2, -0.15) is 0 Å². The topological polar surface area (TPSA) is 51.2 Å². The van der Waals surface area contributed by atoms with Crippen LogP contribution in [-0.2, 0) is 0 Å². The molecule has 1 amide bonds. The highest BCUT2D eigenvalue weighted by atomic mass is 16.6. The van der Waals surface area contributed by atoms with Crippen LogP contribution in [0.3, 0.4) is 0 Å². The summed E-state index contributed by atoms with van der Waals surface area (Å²) >= 11 is 0. The maximum atomic E-state index is 12.1. The maximum Gasteiger partial charge on any atom is 0.417 e. The molecule has 0 aliphatic carbocycles. The van der Waals surface area contributed by atoms with Crippen molar-refractivity contribution in [3.8, 4) is 5.75 Å². The SMILES string of the molecule is CC(C)c1nc2ccccc2cc1NC(=O)Oc1ccccc1. The van der Waals surface area contributed by atoms with Crippen LogP contribution in [0.1, 0.15) is 25.5 Å². The molecule has 0 bridgehead atoms. The van der Waals surface area contributed by atoms with Crippen molar-refractivity contribution < 1.29 is 9.53 Å². The Labute approximate surface area is 135 Å². The standard InChI is InChI=1S/C19H18N2O2/c1-13(2)18-17(12-14-8-6-7-11-16(14)20-18)21-19(22)23-15-9-4-3-5-10-15/h3-13H,1-2H3,(H,21,22). The zero-order valence-corrected chi connectivity index (χ0v) is 13.1. The number of fused-ring (bicyclic) bond motifs is 1. The lowest BCUT2D eigenvalue weighted by Gasteiger charge is -2.14. The van der Waals surface area contributed by atoms with E-state index >= 15 is 0 Å². The molecule has 0 saturated heterocycles. The van der Waals surface area contributed by atoms with Crippen molar-refractivity contribution >= 4 is 22.7 Å². The number of ether oxygens (including phenoxy) is 1. The minimum absolute atomic E-state index is 0.187. The molecule has 0 radical (unpaired) electrons. The van der Waals surface area contributed by atoms with Crippen LogP contribution in [0.15, 0.2) is 60.7 Å². The fourth-order valence-corrected chi connectivity index (χ4v) is 2.40. The van der Waals surface area contributed by atoms with Gasteiger partial charge in [-0.25, -0.2) is 4.79 Å². The average molecular weight is 306 g/mol. The van der Waals surface area contributed by atoms with Crippen molar-refractivity contribution in [1.82, 2.24) is 4.98 Å². The molecule has 0 spiro atoms. The molecule has 0 saturated carbocycles. The number of rotatable bonds is 3. The van der Waals surface area contributed by atoms with Crippen LogP contribution in [0, 0.1) is 0 Å². The lowest BCUT2D eigenvalue weighted by Crippen LogP contribution is -2.18. The fraction of sp³-hybridized carbons (Fsp3) is 0.158. The van der Waals surface area contributed by atoms with Gasteiger partial charge in [0, 0.05) is 5.39 Å². The summed E-state index contributed by atoms with van der Waals surface area (Å²) in [4.78, 5) is 16.8. The van der Waals surface area contributed by atoms with Gasteiger partial charge in [-0.1, -0.05) is 50.2 Å². The number of nitrogens with zero attached hydrogens (tertiary/aromatic N) is 1. The van der Waals surface area contributed by atoms with Crippen LogP contribution in [0.4, 0.5) is 10.5 Å². The highest BCUT2D eigenvalue weighted by Gasteiger charge is 2.14. The summed E-state index contributed by atoms with van der Waals surface area (Å²) in [5, 5.41) is 3.79. The van der Waals surface area contributed by atoms with Crippen molar-refractivity contribution in [1.29, 1.82) is 0 Å². The number of anilines is 1. The smallest absolute Gasteiger partial charge is 0.410 e. The van der Waals surface area contributed by atoms with Gasteiger partial charge in [-0.15, -0.1) is 0 Å². The third-order valence-electron chi connectivity index (χ3n) is 3.49. The van der Waals surface area contributed by atoms with E-state index in [0.29, 0.717) is 11.4 Å². The number of carbonyl (C=O) groups excluding carboxylic acids is 1. The van der Waals surface area contributed by atoms with E-state index in [0.717, 1.165) is 16.6 Å². The highest BCUT2D eigenvalue weighted by molar-refractivity contribution is 5.91. The molecule has 1 heterocycles. The minimum Gasteiger partial charge on any atom is -0.410 e. The first kappa shape index (κ1) is 15.0. The number of carbonyl (C=O) groups is 1. The van der Waals surface area contributed by atoms with E-state index in [4.69, 9.17) is 4.74 Å². The molecular formula is C19H18N2O2. The Bertz CT molecular complexity index is 829. The van der Waals surface area contributed by atoms with Crippen LogP contribution in [0.2, 0.25) is 0 Å². The van der Waals surface area contributed by atoms with Crippen LogP contribution in [0.5, 0.6) is 5.75 Å². The molecule has 1 N–H and O–H groups in total. The average Bonchev–Trinajstić information content (AvgIpc) is 2.55. The second kappa shape index (κ2) is 6.48. The zero-order chi connectivity index (χ0) is 16.2. The molecule has 4 heteroatoms. The number of pyridine rings is 1. The van der Waals surface area contributed by atoms with E-state index in [1.165, 1.54) is 0 Å². The Kier molecular flexibility index (Phi) is 4.24. The van der Waals surface area contributed by atoms with Crippen molar-refractivity contribution in [2.75, 3.05) is 5.32 Å². The fourth-order valence-electron chi connectivity index (χ4n) is 2.40. The third-order valence-corrected chi connectivity index (χ3v) is 3.49. The summed E-state index contributed by atoms with van der Waals surface area (Å²) in [6.45, 7) is 4.09. The Morgan fingerprint density at radius 1 is 1.04 bits per heavy atom. The normalized spacial score (nSPS) is 10.7. The Balaban J connectivity index is 1.89.